The summed E-state index contributed by atoms with van der Waals surface area (Å²) in [6.07, 6.45) is 0.135. The summed E-state index contributed by atoms with van der Waals surface area (Å²) in [4.78, 5) is 38.1. The highest BCUT2D eigenvalue weighted by molar-refractivity contribution is 5.99. The zero-order valence-corrected chi connectivity index (χ0v) is 12.9. The molecule has 0 aromatic carbocycles. The minimum Gasteiger partial charge on any atom is -0.469 e. The fourth-order valence-corrected chi connectivity index (χ4v) is 2.05. The van der Waals surface area contributed by atoms with Crippen molar-refractivity contribution >= 4 is 17.9 Å². The van der Waals surface area contributed by atoms with Crippen molar-refractivity contribution in [2.45, 2.75) is 26.3 Å². The van der Waals surface area contributed by atoms with Crippen LogP contribution in [0.3, 0.4) is 0 Å². The van der Waals surface area contributed by atoms with Crippen LogP contribution in [0.4, 0.5) is 0 Å². The van der Waals surface area contributed by atoms with Gasteiger partial charge in [-0.25, -0.2) is 9.59 Å². The van der Waals surface area contributed by atoms with Crippen LogP contribution in [0.1, 0.15) is 45.4 Å². The Morgan fingerprint density at radius 1 is 1.14 bits per heavy atom. The van der Waals surface area contributed by atoms with Gasteiger partial charge in [0.1, 0.15) is 5.69 Å². The quantitative estimate of drug-likeness (QED) is 0.557. The van der Waals surface area contributed by atoms with Crippen LogP contribution < -0.4 is 5.73 Å². The molecule has 0 atom stereocenters. The van der Waals surface area contributed by atoms with E-state index in [1.54, 1.807) is 6.92 Å². The highest BCUT2D eigenvalue weighted by atomic mass is 16.5. The summed E-state index contributed by atoms with van der Waals surface area (Å²) in [7, 11) is 2.48. The van der Waals surface area contributed by atoms with Gasteiger partial charge in [-0.2, -0.15) is 0 Å². The summed E-state index contributed by atoms with van der Waals surface area (Å²) in [6, 6.07) is 0. The fourth-order valence-electron chi connectivity index (χ4n) is 2.05. The molecule has 0 unspecified atom stereocenters. The lowest BCUT2D eigenvalue weighted by atomic mass is 10.0. The first-order chi connectivity index (χ1) is 10.5. The van der Waals surface area contributed by atoms with Crippen LogP contribution in [-0.4, -0.2) is 43.7 Å². The topological polar surface area (TPSA) is 121 Å². The Kier molecular flexibility index (Phi) is 6.58. The smallest absolute Gasteiger partial charge is 0.354 e. The molecular formula is C14H20N2O6. The molecule has 1 aromatic rings. The van der Waals surface area contributed by atoms with Crippen molar-refractivity contribution in [3.8, 4) is 0 Å². The number of hydrogen-bond acceptors (Lipinski definition) is 7. The molecule has 8 heteroatoms. The van der Waals surface area contributed by atoms with Crippen LogP contribution in [0.2, 0.25) is 0 Å². The Hall–Kier alpha value is -2.35. The molecule has 0 fully saturated rings. The van der Waals surface area contributed by atoms with Crippen LogP contribution >= 0.6 is 0 Å². The van der Waals surface area contributed by atoms with Gasteiger partial charge in [0.2, 0.25) is 0 Å². The fraction of sp³-hybridized carbons (Fsp3) is 0.500. The first kappa shape index (κ1) is 17.7. The standard InChI is InChI=1S/C14H20N2O6/c1-4-22-13(18)11-8(5-6-10(17)20-2)12(14(19)21-3)16-9(11)7-15/h16H,4-7,15H2,1-3H3. The number of aromatic amines is 1. The maximum absolute atomic E-state index is 12.1. The number of H-pyrrole nitrogens is 1. The first-order valence-corrected chi connectivity index (χ1v) is 6.76. The molecule has 122 valence electrons. The van der Waals surface area contributed by atoms with Gasteiger partial charge in [-0.1, -0.05) is 0 Å². The number of hydrogen-bond donors (Lipinski definition) is 2. The predicted octanol–water partition coefficient (Wildman–Crippen LogP) is 0.542. The molecule has 1 aromatic heterocycles. The van der Waals surface area contributed by atoms with E-state index in [2.05, 4.69) is 14.5 Å². The molecule has 1 rings (SSSR count). The van der Waals surface area contributed by atoms with Crippen LogP contribution in [0.5, 0.6) is 0 Å². The second-order valence-electron chi connectivity index (χ2n) is 4.32. The van der Waals surface area contributed by atoms with Gasteiger partial charge in [-0.3, -0.25) is 4.79 Å². The van der Waals surface area contributed by atoms with Gasteiger partial charge in [-0.05, 0) is 18.9 Å². The highest BCUT2D eigenvalue weighted by Gasteiger charge is 2.27. The maximum atomic E-state index is 12.1. The number of carbonyl (C=O) groups excluding carboxylic acids is 3. The van der Waals surface area contributed by atoms with Gasteiger partial charge in [0.25, 0.3) is 0 Å². The van der Waals surface area contributed by atoms with Crippen molar-refractivity contribution in [2.24, 2.45) is 5.73 Å². The van der Waals surface area contributed by atoms with E-state index in [1.165, 1.54) is 14.2 Å². The molecule has 0 bridgehead atoms. The number of aromatic nitrogens is 1. The van der Waals surface area contributed by atoms with Crippen molar-refractivity contribution in [3.05, 3.63) is 22.5 Å². The Morgan fingerprint density at radius 2 is 1.82 bits per heavy atom. The third-order valence-corrected chi connectivity index (χ3v) is 3.06. The van der Waals surface area contributed by atoms with Gasteiger partial charge in [0, 0.05) is 18.7 Å². The van der Waals surface area contributed by atoms with E-state index in [0.29, 0.717) is 11.3 Å². The number of nitrogens with two attached hydrogens (primary N) is 1. The van der Waals surface area contributed by atoms with E-state index < -0.39 is 17.9 Å². The number of nitrogens with one attached hydrogen (secondary N) is 1. The van der Waals surface area contributed by atoms with Crippen LogP contribution in [0.15, 0.2) is 0 Å². The van der Waals surface area contributed by atoms with E-state index in [1.807, 2.05) is 0 Å². The van der Waals surface area contributed by atoms with Crippen molar-refractivity contribution in [1.82, 2.24) is 4.98 Å². The van der Waals surface area contributed by atoms with E-state index in [0.717, 1.165) is 0 Å². The summed E-state index contributed by atoms with van der Waals surface area (Å²) in [5, 5.41) is 0. The van der Waals surface area contributed by atoms with E-state index in [9.17, 15) is 14.4 Å². The maximum Gasteiger partial charge on any atom is 0.354 e. The molecule has 0 aliphatic heterocycles. The van der Waals surface area contributed by atoms with E-state index >= 15 is 0 Å². The molecule has 0 aliphatic carbocycles. The predicted molar refractivity (Wildman–Crippen MR) is 76.3 cm³/mol. The van der Waals surface area contributed by atoms with Gasteiger partial charge >= 0.3 is 17.9 Å². The molecule has 8 nitrogen and oxygen atoms in total. The Labute approximate surface area is 127 Å². The van der Waals surface area contributed by atoms with Crippen molar-refractivity contribution < 1.29 is 28.6 Å². The normalized spacial score (nSPS) is 10.2. The number of rotatable bonds is 7. The largest absolute Gasteiger partial charge is 0.469 e. The zero-order valence-electron chi connectivity index (χ0n) is 12.9. The number of carbonyl (C=O) groups is 3. The molecule has 0 aliphatic rings. The second kappa shape index (κ2) is 8.18. The van der Waals surface area contributed by atoms with Crippen LogP contribution in [-0.2, 0) is 32.0 Å². The summed E-state index contributed by atoms with van der Waals surface area (Å²) in [6.45, 7) is 1.86. The molecule has 1 heterocycles. The summed E-state index contributed by atoms with van der Waals surface area (Å²) >= 11 is 0. The number of esters is 3. The van der Waals surface area contributed by atoms with Gasteiger partial charge in [0.15, 0.2) is 0 Å². The molecule has 22 heavy (non-hydrogen) atoms. The molecular weight excluding hydrogens is 292 g/mol. The third-order valence-electron chi connectivity index (χ3n) is 3.06. The Bertz CT molecular complexity index is 564. The van der Waals surface area contributed by atoms with Gasteiger partial charge < -0.3 is 24.9 Å². The van der Waals surface area contributed by atoms with E-state index in [4.69, 9.17) is 10.5 Å². The molecule has 0 saturated heterocycles. The molecule has 0 amide bonds. The average molecular weight is 312 g/mol. The Morgan fingerprint density at radius 3 is 2.32 bits per heavy atom. The lowest BCUT2D eigenvalue weighted by molar-refractivity contribution is -0.140. The Balaban J connectivity index is 3.30. The lowest BCUT2D eigenvalue weighted by Gasteiger charge is -2.07. The second-order valence-corrected chi connectivity index (χ2v) is 4.32. The van der Waals surface area contributed by atoms with Gasteiger partial charge in [0.05, 0.1) is 26.4 Å². The van der Waals surface area contributed by atoms with E-state index in [-0.39, 0.29) is 37.3 Å². The molecule has 0 spiro atoms. The average Bonchev–Trinajstić information content (AvgIpc) is 2.90. The SMILES string of the molecule is CCOC(=O)c1c(CN)[nH]c(C(=O)OC)c1CCC(=O)OC. The van der Waals surface area contributed by atoms with Gasteiger partial charge in [-0.15, -0.1) is 0 Å². The first-order valence-electron chi connectivity index (χ1n) is 6.76. The number of methoxy groups -OCH3 is 2. The monoisotopic (exact) mass is 312 g/mol. The summed E-state index contributed by atoms with van der Waals surface area (Å²) in [5.74, 6) is -1.71. The third kappa shape index (κ3) is 3.85. The molecule has 0 radical (unpaired) electrons. The molecule has 0 saturated carbocycles. The summed E-state index contributed by atoms with van der Waals surface area (Å²) in [5.41, 5.74) is 6.58. The van der Waals surface area contributed by atoms with Crippen LogP contribution in [0, 0.1) is 0 Å². The summed E-state index contributed by atoms with van der Waals surface area (Å²) < 4.78 is 14.2. The van der Waals surface area contributed by atoms with Crippen molar-refractivity contribution in [2.75, 3.05) is 20.8 Å². The highest BCUT2D eigenvalue weighted by Crippen LogP contribution is 2.23. The lowest BCUT2D eigenvalue weighted by Crippen LogP contribution is -2.13. The zero-order chi connectivity index (χ0) is 16.7. The number of ether oxygens (including phenoxy) is 3. The van der Waals surface area contributed by atoms with Crippen LogP contribution in [0.25, 0.3) is 0 Å². The van der Waals surface area contributed by atoms with Crippen molar-refractivity contribution in [1.29, 1.82) is 0 Å². The minimum absolute atomic E-state index is 0.00869. The van der Waals surface area contributed by atoms with Crippen molar-refractivity contribution in [3.63, 3.8) is 0 Å². The molecule has 3 N–H and O–H groups in total. The minimum atomic E-state index is -0.648.